The highest BCUT2D eigenvalue weighted by Gasteiger charge is 2.01. The zero-order valence-electron chi connectivity index (χ0n) is 11.0. The number of hydrogen-bond donors (Lipinski definition) is 2. The van der Waals surface area contributed by atoms with Gasteiger partial charge in [-0.05, 0) is 38.4 Å². The summed E-state index contributed by atoms with van der Waals surface area (Å²) < 4.78 is 0. The number of aryl methyl sites for hydroxylation is 2. The third kappa shape index (κ3) is 5.00. The van der Waals surface area contributed by atoms with Crippen molar-refractivity contribution in [1.29, 1.82) is 0 Å². The molecule has 94 valence electrons. The molecule has 0 fully saturated rings. The van der Waals surface area contributed by atoms with Gasteiger partial charge in [0.25, 0.3) is 0 Å². The number of carbonyl (C=O) groups is 1. The molecule has 0 aliphatic heterocycles. The van der Waals surface area contributed by atoms with E-state index in [0.29, 0.717) is 13.0 Å². The van der Waals surface area contributed by atoms with Gasteiger partial charge in [-0.25, -0.2) is 0 Å². The Morgan fingerprint density at radius 2 is 2.00 bits per heavy atom. The molecule has 0 aliphatic rings. The highest BCUT2D eigenvalue weighted by molar-refractivity contribution is 5.76. The second-order valence-corrected chi connectivity index (χ2v) is 4.38. The van der Waals surface area contributed by atoms with Crippen molar-refractivity contribution in [2.75, 3.05) is 20.1 Å². The first-order valence-corrected chi connectivity index (χ1v) is 6.11. The van der Waals surface area contributed by atoms with E-state index in [2.05, 4.69) is 42.7 Å². The molecule has 0 radical (unpaired) electrons. The van der Waals surface area contributed by atoms with E-state index in [1.54, 1.807) is 0 Å². The van der Waals surface area contributed by atoms with Crippen LogP contribution in [0.3, 0.4) is 0 Å². The summed E-state index contributed by atoms with van der Waals surface area (Å²) in [5.41, 5.74) is 3.89. The Bertz CT molecular complexity index is 374. The zero-order chi connectivity index (χ0) is 12.7. The third-order valence-corrected chi connectivity index (χ3v) is 2.82. The van der Waals surface area contributed by atoms with E-state index < -0.39 is 0 Å². The molecule has 0 spiro atoms. The first-order valence-electron chi connectivity index (χ1n) is 6.11. The van der Waals surface area contributed by atoms with Crippen LogP contribution in [0.5, 0.6) is 0 Å². The molecule has 1 rings (SSSR count). The highest BCUT2D eigenvalue weighted by Crippen LogP contribution is 2.10. The molecule has 1 aromatic carbocycles. The smallest absolute Gasteiger partial charge is 0.221 e. The van der Waals surface area contributed by atoms with Gasteiger partial charge in [0.1, 0.15) is 0 Å². The van der Waals surface area contributed by atoms with E-state index in [0.717, 1.165) is 13.0 Å². The van der Waals surface area contributed by atoms with E-state index >= 15 is 0 Å². The summed E-state index contributed by atoms with van der Waals surface area (Å²) in [4.78, 5) is 11.4. The largest absolute Gasteiger partial charge is 0.356 e. The lowest BCUT2D eigenvalue weighted by Crippen LogP contribution is -2.28. The fourth-order valence-corrected chi connectivity index (χ4v) is 1.79. The lowest BCUT2D eigenvalue weighted by molar-refractivity contribution is -0.120. The van der Waals surface area contributed by atoms with Gasteiger partial charge in [-0.1, -0.05) is 23.8 Å². The molecule has 3 nitrogen and oxygen atoms in total. The van der Waals surface area contributed by atoms with Gasteiger partial charge in [-0.15, -0.1) is 0 Å². The molecule has 2 N–H and O–H groups in total. The summed E-state index contributed by atoms with van der Waals surface area (Å²) in [5.74, 6) is 0.115. The number of rotatable bonds is 6. The Balaban J connectivity index is 2.33. The molecule has 1 aromatic rings. The molecule has 0 heterocycles. The summed E-state index contributed by atoms with van der Waals surface area (Å²) in [6.45, 7) is 5.66. The molecular weight excluding hydrogens is 212 g/mol. The number of carbonyl (C=O) groups excluding carboxylic acids is 1. The maximum absolute atomic E-state index is 11.4. The Labute approximate surface area is 104 Å². The van der Waals surface area contributed by atoms with Crippen LogP contribution >= 0.6 is 0 Å². The van der Waals surface area contributed by atoms with Crippen molar-refractivity contribution in [2.24, 2.45) is 0 Å². The number of amides is 1. The molecule has 0 atom stereocenters. The van der Waals surface area contributed by atoms with Crippen LogP contribution in [0.25, 0.3) is 0 Å². The van der Waals surface area contributed by atoms with Crippen molar-refractivity contribution >= 4 is 5.91 Å². The van der Waals surface area contributed by atoms with Crippen molar-refractivity contribution in [1.82, 2.24) is 10.6 Å². The SMILES string of the molecule is CNCCC(=O)NCCc1ccc(C)cc1C. The topological polar surface area (TPSA) is 41.1 Å². The third-order valence-electron chi connectivity index (χ3n) is 2.82. The summed E-state index contributed by atoms with van der Waals surface area (Å²) >= 11 is 0. The monoisotopic (exact) mass is 234 g/mol. The lowest BCUT2D eigenvalue weighted by Gasteiger charge is -2.08. The Hall–Kier alpha value is -1.35. The first kappa shape index (κ1) is 13.7. The molecular formula is C14H22N2O. The maximum Gasteiger partial charge on any atom is 0.221 e. The molecule has 0 aliphatic carbocycles. The van der Waals surface area contributed by atoms with Gasteiger partial charge in [0.2, 0.25) is 5.91 Å². The second-order valence-electron chi connectivity index (χ2n) is 4.38. The standard InChI is InChI=1S/C14H22N2O/c1-11-4-5-13(12(2)10-11)6-9-16-14(17)7-8-15-3/h4-5,10,15H,6-9H2,1-3H3,(H,16,17). The van der Waals surface area contributed by atoms with Crippen LogP contribution in [0.1, 0.15) is 23.1 Å². The molecule has 1 amide bonds. The lowest BCUT2D eigenvalue weighted by atomic mass is 10.0. The van der Waals surface area contributed by atoms with Gasteiger partial charge in [0.15, 0.2) is 0 Å². The van der Waals surface area contributed by atoms with Crippen molar-refractivity contribution in [3.8, 4) is 0 Å². The Morgan fingerprint density at radius 3 is 2.65 bits per heavy atom. The minimum absolute atomic E-state index is 0.115. The van der Waals surface area contributed by atoms with Gasteiger partial charge in [0, 0.05) is 19.5 Å². The van der Waals surface area contributed by atoms with E-state index in [4.69, 9.17) is 0 Å². The van der Waals surface area contributed by atoms with Gasteiger partial charge in [0.05, 0.1) is 0 Å². The van der Waals surface area contributed by atoms with E-state index in [1.165, 1.54) is 16.7 Å². The minimum Gasteiger partial charge on any atom is -0.356 e. The highest BCUT2D eigenvalue weighted by atomic mass is 16.1. The molecule has 0 unspecified atom stereocenters. The number of hydrogen-bond acceptors (Lipinski definition) is 2. The molecule has 17 heavy (non-hydrogen) atoms. The number of nitrogens with one attached hydrogen (secondary N) is 2. The van der Waals surface area contributed by atoms with Crippen LogP contribution in [-0.2, 0) is 11.2 Å². The van der Waals surface area contributed by atoms with Crippen molar-refractivity contribution in [3.63, 3.8) is 0 Å². The Kier molecular flexibility index (Phi) is 5.70. The molecule has 0 bridgehead atoms. The molecule has 0 saturated heterocycles. The van der Waals surface area contributed by atoms with Crippen molar-refractivity contribution in [3.05, 3.63) is 34.9 Å². The first-order chi connectivity index (χ1) is 8.13. The van der Waals surface area contributed by atoms with E-state index in [1.807, 2.05) is 7.05 Å². The average molecular weight is 234 g/mol. The van der Waals surface area contributed by atoms with Crippen LogP contribution in [0.15, 0.2) is 18.2 Å². The quantitative estimate of drug-likeness (QED) is 0.784. The summed E-state index contributed by atoms with van der Waals surface area (Å²) in [7, 11) is 1.85. The van der Waals surface area contributed by atoms with Gasteiger partial charge in [-0.3, -0.25) is 4.79 Å². The summed E-state index contributed by atoms with van der Waals surface area (Å²) in [5, 5.41) is 5.89. The molecule has 0 aromatic heterocycles. The zero-order valence-corrected chi connectivity index (χ0v) is 11.0. The van der Waals surface area contributed by atoms with Crippen LogP contribution < -0.4 is 10.6 Å². The van der Waals surface area contributed by atoms with Crippen LogP contribution in [0, 0.1) is 13.8 Å². The van der Waals surface area contributed by atoms with Crippen LogP contribution in [0.2, 0.25) is 0 Å². The average Bonchev–Trinajstić information content (AvgIpc) is 2.29. The Morgan fingerprint density at radius 1 is 1.24 bits per heavy atom. The van der Waals surface area contributed by atoms with Gasteiger partial charge >= 0.3 is 0 Å². The fourth-order valence-electron chi connectivity index (χ4n) is 1.79. The van der Waals surface area contributed by atoms with E-state index in [-0.39, 0.29) is 5.91 Å². The summed E-state index contributed by atoms with van der Waals surface area (Å²) in [6.07, 6.45) is 1.45. The van der Waals surface area contributed by atoms with Crippen LogP contribution in [-0.4, -0.2) is 26.0 Å². The van der Waals surface area contributed by atoms with E-state index in [9.17, 15) is 4.79 Å². The molecule has 0 saturated carbocycles. The van der Waals surface area contributed by atoms with Crippen molar-refractivity contribution in [2.45, 2.75) is 26.7 Å². The predicted octanol–water partition coefficient (Wildman–Crippen LogP) is 1.57. The van der Waals surface area contributed by atoms with Crippen molar-refractivity contribution < 1.29 is 4.79 Å². The van der Waals surface area contributed by atoms with Gasteiger partial charge < -0.3 is 10.6 Å². The fraction of sp³-hybridized carbons (Fsp3) is 0.500. The summed E-state index contributed by atoms with van der Waals surface area (Å²) in [6, 6.07) is 6.44. The predicted molar refractivity (Wildman–Crippen MR) is 71.2 cm³/mol. The molecule has 3 heteroatoms. The maximum atomic E-state index is 11.4. The van der Waals surface area contributed by atoms with Crippen LogP contribution in [0.4, 0.5) is 0 Å². The van der Waals surface area contributed by atoms with Gasteiger partial charge in [-0.2, -0.15) is 0 Å². The number of benzene rings is 1. The second kappa shape index (κ2) is 7.07. The normalized spacial score (nSPS) is 10.3. The minimum atomic E-state index is 0.115.